The Balaban J connectivity index is 1.83. The van der Waals surface area contributed by atoms with Crippen LogP contribution >= 0.6 is 11.3 Å². The fourth-order valence-electron chi connectivity index (χ4n) is 2.40. The highest BCUT2D eigenvalue weighted by Crippen LogP contribution is 2.24. The van der Waals surface area contributed by atoms with E-state index in [1.54, 1.807) is 11.3 Å². The topological polar surface area (TPSA) is 55.1 Å². The number of hydrogen-bond acceptors (Lipinski definition) is 3. The minimum absolute atomic E-state index is 0.153. The molecule has 1 atom stereocenters. The maximum atomic E-state index is 11.9. The van der Waals surface area contributed by atoms with Gasteiger partial charge in [0.1, 0.15) is 0 Å². The molecular formula is C13H20N2OS. The molecule has 0 bridgehead atoms. The second-order valence-corrected chi connectivity index (χ2v) is 5.68. The molecule has 1 unspecified atom stereocenters. The average Bonchev–Trinajstić information content (AvgIpc) is 2.97. The summed E-state index contributed by atoms with van der Waals surface area (Å²) >= 11 is 1.68. The third-order valence-electron chi connectivity index (χ3n) is 3.38. The number of hydrogen-bond donors (Lipinski definition) is 2. The van der Waals surface area contributed by atoms with Gasteiger partial charge in [-0.2, -0.15) is 0 Å². The highest BCUT2D eigenvalue weighted by atomic mass is 32.1. The quantitative estimate of drug-likeness (QED) is 0.844. The lowest BCUT2D eigenvalue weighted by Crippen LogP contribution is -2.34. The summed E-state index contributed by atoms with van der Waals surface area (Å²) in [4.78, 5) is 13.1. The van der Waals surface area contributed by atoms with Crippen LogP contribution in [-0.4, -0.2) is 18.5 Å². The maximum Gasteiger partial charge on any atom is 0.220 e. The molecule has 1 saturated carbocycles. The molecule has 2 rings (SSSR count). The van der Waals surface area contributed by atoms with Gasteiger partial charge in [-0.15, -0.1) is 11.3 Å². The number of amides is 1. The Morgan fingerprint density at radius 2 is 2.29 bits per heavy atom. The predicted octanol–water partition coefficient (Wildman–Crippen LogP) is 2.24. The van der Waals surface area contributed by atoms with Gasteiger partial charge in [0, 0.05) is 29.8 Å². The van der Waals surface area contributed by atoms with Crippen molar-refractivity contribution in [1.29, 1.82) is 0 Å². The van der Waals surface area contributed by atoms with Gasteiger partial charge in [-0.3, -0.25) is 4.79 Å². The summed E-state index contributed by atoms with van der Waals surface area (Å²) in [5.41, 5.74) is 5.75. The first kappa shape index (κ1) is 12.6. The molecule has 1 aromatic heterocycles. The van der Waals surface area contributed by atoms with Crippen molar-refractivity contribution < 1.29 is 4.79 Å². The Bertz CT molecular complexity index is 344. The lowest BCUT2D eigenvalue weighted by atomic mass is 10.0. The van der Waals surface area contributed by atoms with Gasteiger partial charge >= 0.3 is 0 Å². The second kappa shape index (κ2) is 6.17. The minimum atomic E-state index is 0.153. The van der Waals surface area contributed by atoms with Crippen molar-refractivity contribution in [1.82, 2.24) is 5.32 Å². The van der Waals surface area contributed by atoms with Crippen LogP contribution in [0.4, 0.5) is 0 Å². The van der Waals surface area contributed by atoms with Gasteiger partial charge in [-0.1, -0.05) is 18.9 Å². The van der Waals surface area contributed by atoms with Gasteiger partial charge in [0.25, 0.3) is 0 Å². The van der Waals surface area contributed by atoms with Crippen LogP contribution in [0.3, 0.4) is 0 Å². The third kappa shape index (κ3) is 3.54. The molecule has 1 aliphatic rings. The van der Waals surface area contributed by atoms with E-state index in [0.717, 1.165) is 12.8 Å². The molecule has 1 heterocycles. The van der Waals surface area contributed by atoms with Gasteiger partial charge in [0.2, 0.25) is 5.91 Å². The lowest BCUT2D eigenvalue weighted by molar-refractivity contribution is -0.122. The van der Waals surface area contributed by atoms with Gasteiger partial charge in [0.05, 0.1) is 0 Å². The first-order valence-electron chi connectivity index (χ1n) is 6.32. The number of nitrogens with two attached hydrogens (primary N) is 1. The zero-order valence-electron chi connectivity index (χ0n) is 10.0. The minimum Gasteiger partial charge on any atom is -0.353 e. The van der Waals surface area contributed by atoms with Crippen LogP contribution in [0.1, 0.15) is 42.9 Å². The van der Waals surface area contributed by atoms with E-state index in [1.165, 1.54) is 17.7 Å². The van der Waals surface area contributed by atoms with Gasteiger partial charge in [-0.25, -0.2) is 0 Å². The highest BCUT2D eigenvalue weighted by molar-refractivity contribution is 7.10. The van der Waals surface area contributed by atoms with Crippen LogP contribution in [0, 0.1) is 0 Å². The zero-order valence-corrected chi connectivity index (χ0v) is 10.8. The monoisotopic (exact) mass is 252 g/mol. The van der Waals surface area contributed by atoms with Crippen molar-refractivity contribution in [2.75, 3.05) is 6.54 Å². The molecule has 0 spiro atoms. The summed E-state index contributed by atoms with van der Waals surface area (Å²) in [6.45, 7) is 0.540. The first-order chi connectivity index (χ1) is 8.29. The molecule has 0 radical (unpaired) electrons. The normalized spacial score (nSPS) is 18.2. The maximum absolute atomic E-state index is 11.9. The molecule has 1 amide bonds. The lowest BCUT2D eigenvalue weighted by Gasteiger charge is -2.16. The van der Waals surface area contributed by atoms with Crippen LogP contribution in [0.5, 0.6) is 0 Å². The summed E-state index contributed by atoms with van der Waals surface area (Å²) in [5, 5.41) is 5.15. The van der Waals surface area contributed by atoms with Crippen LogP contribution in [0.15, 0.2) is 17.5 Å². The molecule has 3 N–H and O–H groups in total. The van der Waals surface area contributed by atoms with E-state index in [1.807, 2.05) is 11.4 Å². The first-order valence-corrected chi connectivity index (χ1v) is 7.20. The van der Waals surface area contributed by atoms with Crippen molar-refractivity contribution >= 4 is 17.2 Å². The van der Waals surface area contributed by atoms with Crippen LogP contribution in [-0.2, 0) is 4.79 Å². The fourth-order valence-corrected chi connectivity index (χ4v) is 3.25. The summed E-state index contributed by atoms with van der Waals surface area (Å²) in [6.07, 6.45) is 5.29. The molecule has 0 aliphatic heterocycles. The van der Waals surface area contributed by atoms with E-state index >= 15 is 0 Å². The summed E-state index contributed by atoms with van der Waals surface area (Å²) in [7, 11) is 0. The van der Waals surface area contributed by atoms with Crippen LogP contribution in [0.25, 0.3) is 0 Å². The summed E-state index contributed by atoms with van der Waals surface area (Å²) in [5.74, 6) is 0.331. The Kier molecular flexibility index (Phi) is 4.57. The number of carbonyl (C=O) groups excluding carboxylic acids is 1. The van der Waals surface area contributed by atoms with Crippen molar-refractivity contribution in [3.05, 3.63) is 22.4 Å². The van der Waals surface area contributed by atoms with Crippen LogP contribution < -0.4 is 11.1 Å². The van der Waals surface area contributed by atoms with E-state index in [9.17, 15) is 4.79 Å². The Morgan fingerprint density at radius 3 is 2.88 bits per heavy atom. The van der Waals surface area contributed by atoms with Crippen molar-refractivity contribution in [2.45, 2.75) is 44.1 Å². The SMILES string of the molecule is NCC(CC(=O)NC1CCCC1)c1cccs1. The Morgan fingerprint density at radius 1 is 1.53 bits per heavy atom. The highest BCUT2D eigenvalue weighted by Gasteiger charge is 2.20. The van der Waals surface area contributed by atoms with E-state index in [2.05, 4.69) is 11.4 Å². The second-order valence-electron chi connectivity index (χ2n) is 4.70. The molecule has 1 aliphatic carbocycles. The average molecular weight is 252 g/mol. The standard InChI is InChI=1S/C13H20N2OS/c14-9-10(12-6-3-7-17-12)8-13(16)15-11-4-1-2-5-11/h3,6-7,10-11H,1-2,4-5,8-9,14H2,(H,15,16). The van der Waals surface area contributed by atoms with E-state index < -0.39 is 0 Å². The largest absolute Gasteiger partial charge is 0.353 e. The third-order valence-corrected chi connectivity index (χ3v) is 4.42. The molecule has 4 heteroatoms. The van der Waals surface area contributed by atoms with Gasteiger partial charge in [0.15, 0.2) is 0 Å². The van der Waals surface area contributed by atoms with E-state index in [4.69, 9.17) is 5.73 Å². The zero-order chi connectivity index (χ0) is 12.1. The van der Waals surface area contributed by atoms with E-state index in [0.29, 0.717) is 19.0 Å². The number of nitrogens with one attached hydrogen (secondary N) is 1. The molecule has 1 fully saturated rings. The molecule has 17 heavy (non-hydrogen) atoms. The summed E-state index contributed by atoms with van der Waals surface area (Å²) < 4.78 is 0. The molecule has 94 valence electrons. The van der Waals surface area contributed by atoms with Gasteiger partial charge in [-0.05, 0) is 24.3 Å². The predicted molar refractivity (Wildman–Crippen MR) is 71.1 cm³/mol. The van der Waals surface area contributed by atoms with Crippen molar-refractivity contribution in [2.24, 2.45) is 5.73 Å². The molecule has 0 saturated heterocycles. The number of rotatable bonds is 5. The van der Waals surface area contributed by atoms with Crippen molar-refractivity contribution in [3.63, 3.8) is 0 Å². The Labute approximate surface area is 106 Å². The van der Waals surface area contributed by atoms with Crippen molar-refractivity contribution in [3.8, 4) is 0 Å². The molecular weight excluding hydrogens is 232 g/mol. The molecule has 0 aromatic carbocycles. The Hall–Kier alpha value is -0.870. The number of thiophene rings is 1. The fraction of sp³-hybridized carbons (Fsp3) is 0.615. The summed E-state index contributed by atoms with van der Waals surface area (Å²) in [6, 6.07) is 4.48. The number of carbonyl (C=O) groups is 1. The molecule has 3 nitrogen and oxygen atoms in total. The van der Waals surface area contributed by atoms with Crippen LogP contribution in [0.2, 0.25) is 0 Å². The van der Waals surface area contributed by atoms with Gasteiger partial charge < -0.3 is 11.1 Å². The smallest absolute Gasteiger partial charge is 0.220 e. The van der Waals surface area contributed by atoms with E-state index in [-0.39, 0.29) is 11.8 Å². The molecule has 1 aromatic rings.